The van der Waals surface area contributed by atoms with Crippen molar-refractivity contribution in [3.05, 3.63) is 58.6 Å². The first-order valence-corrected chi connectivity index (χ1v) is 11.8. The Labute approximate surface area is 201 Å². The van der Waals surface area contributed by atoms with Crippen molar-refractivity contribution in [2.75, 3.05) is 19.7 Å². The molecule has 6 nitrogen and oxygen atoms in total. The number of amides is 1. The molecule has 0 bridgehead atoms. The molecule has 2 unspecified atom stereocenters. The van der Waals surface area contributed by atoms with Crippen LogP contribution in [0.15, 0.2) is 42.5 Å². The van der Waals surface area contributed by atoms with E-state index in [4.69, 9.17) is 26.2 Å². The Hall–Kier alpha value is -2.73. The van der Waals surface area contributed by atoms with Gasteiger partial charge in [0.2, 0.25) is 5.91 Å². The molecule has 0 aromatic heterocycles. The summed E-state index contributed by atoms with van der Waals surface area (Å²) in [5.41, 5.74) is 1.72. The zero-order valence-corrected chi connectivity index (χ0v) is 20.6. The average molecular weight is 476 g/mol. The van der Waals surface area contributed by atoms with Crippen LogP contribution in [0.2, 0.25) is 5.02 Å². The van der Waals surface area contributed by atoms with Crippen molar-refractivity contribution >= 4 is 23.5 Å². The SMILES string of the molecule is CCCC(C(=O)N(CC)CC)C(C)c1ccc(OCc2ccccc2Cl)c(OCC(=O)O)c1. The molecule has 0 fully saturated rings. The average Bonchev–Trinajstić information content (AvgIpc) is 2.81. The Kier molecular flexibility index (Phi) is 10.5. The van der Waals surface area contributed by atoms with Crippen LogP contribution in [-0.2, 0) is 16.2 Å². The smallest absolute Gasteiger partial charge is 0.341 e. The Morgan fingerprint density at radius 1 is 1.03 bits per heavy atom. The standard InChI is InChI=1S/C26H34ClNO5/c1-5-10-21(26(31)28(6-2)7-3)18(4)19-13-14-23(24(15-19)33-17-25(29)30)32-16-20-11-8-9-12-22(20)27/h8-9,11-15,18,21H,5-7,10,16-17H2,1-4H3,(H,29,30). The van der Waals surface area contributed by atoms with Gasteiger partial charge in [-0.2, -0.15) is 0 Å². The normalized spacial score (nSPS) is 12.6. The summed E-state index contributed by atoms with van der Waals surface area (Å²) in [4.78, 5) is 26.1. The predicted molar refractivity (Wildman–Crippen MR) is 130 cm³/mol. The van der Waals surface area contributed by atoms with Gasteiger partial charge in [0.05, 0.1) is 0 Å². The van der Waals surface area contributed by atoms with Crippen LogP contribution < -0.4 is 9.47 Å². The highest BCUT2D eigenvalue weighted by Gasteiger charge is 2.29. The second-order valence-electron chi connectivity index (χ2n) is 7.96. The maximum atomic E-state index is 13.1. The van der Waals surface area contributed by atoms with E-state index < -0.39 is 12.6 Å². The predicted octanol–water partition coefficient (Wildman–Crippen LogP) is 5.77. The molecule has 0 aliphatic rings. The van der Waals surface area contributed by atoms with E-state index >= 15 is 0 Å². The minimum Gasteiger partial charge on any atom is -0.485 e. The highest BCUT2D eigenvalue weighted by molar-refractivity contribution is 6.31. The van der Waals surface area contributed by atoms with Gasteiger partial charge in [-0.15, -0.1) is 0 Å². The van der Waals surface area contributed by atoms with Crippen molar-refractivity contribution in [1.82, 2.24) is 4.90 Å². The molecule has 0 heterocycles. The molecule has 33 heavy (non-hydrogen) atoms. The third kappa shape index (κ3) is 7.39. The van der Waals surface area contributed by atoms with Gasteiger partial charge in [0.15, 0.2) is 18.1 Å². The van der Waals surface area contributed by atoms with Gasteiger partial charge in [0.1, 0.15) is 6.61 Å². The molecule has 2 aromatic carbocycles. The van der Waals surface area contributed by atoms with Crippen molar-refractivity contribution < 1.29 is 24.2 Å². The molecule has 7 heteroatoms. The van der Waals surface area contributed by atoms with E-state index in [0.29, 0.717) is 29.6 Å². The number of hydrogen-bond donors (Lipinski definition) is 1. The Balaban J connectivity index is 2.32. The first-order valence-electron chi connectivity index (χ1n) is 11.5. The van der Waals surface area contributed by atoms with Crippen LogP contribution in [0.1, 0.15) is 57.6 Å². The fourth-order valence-corrected chi connectivity index (χ4v) is 4.04. The van der Waals surface area contributed by atoms with Crippen molar-refractivity contribution in [3.8, 4) is 11.5 Å². The summed E-state index contributed by atoms with van der Waals surface area (Å²) >= 11 is 6.22. The lowest BCUT2D eigenvalue weighted by molar-refractivity contribution is -0.139. The van der Waals surface area contributed by atoms with E-state index in [1.165, 1.54) is 0 Å². The third-order valence-electron chi connectivity index (χ3n) is 5.78. The van der Waals surface area contributed by atoms with E-state index in [1.54, 1.807) is 18.2 Å². The van der Waals surface area contributed by atoms with Crippen molar-refractivity contribution in [2.24, 2.45) is 5.92 Å². The molecule has 0 aliphatic heterocycles. The zero-order chi connectivity index (χ0) is 24.4. The maximum absolute atomic E-state index is 13.1. The van der Waals surface area contributed by atoms with E-state index in [2.05, 4.69) is 6.92 Å². The van der Waals surface area contributed by atoms with Gasteiger partial charge >= 0.3 is 5.97 Å². The maximum Gasteiger partial charge on any atom is 0.341 e. The molecular weight excluding hydrogens is 442 g/mol. The third-order valence-corrected chi connectivity index (χ3v) is 6.15. The van der Waals surface area contributed by atoms with E-state index in [1.807, 2.05) is 49.9 Å². The molecule has 0 spiro atoms. The number of ether oxygens (including phenoxy) is 2. The molecule has 2 aromatic rings. The monoisotopic (exact) mass is 475 g/mol. The quantitative estimate of drug-likeness (QED) is 0.398. The van der Waals surface area contributed by atoms with Crippen molar-refractivity contribution in [3.63, 3.8) is 0 Å². The van der Waals surface area contributed by atoms with Gasteiger partial charge in [-0.05, 0) is 49.9 Å². The van der Waals surface area contributed by atoms with Crippen LogP contribution >= 0.6 is 11.6 Å². The minimum atomic E-state index is -1.08. The zero-order valence-electron chi connectivity index (χ0n) is 19.8. The second kappa shape index (κ2) is 13.1. The van der Waals surface area contributed by atoms with E-state index in [0.717, 1.165) is 24.0 Å². The fourth-order valence-electron chi connectivity index (χ4n) is 3.85. The topological polar surface area (TPSA) is 76.1 Å². The number of carbonyl (C=O) groups excluding carboxylic acids is 1. The van der Waals surface area contributed by atoms with Crippen LogP contribution in [0.4, 0.5) is 0 Å². The summed E-state index contributed by atoms with van der Waals surface area (Å²) < 4.78 is 11.5. The van der Waals surface area contributed by atoms with Crippen molar-refractivity contribution in [2.45, 2.75) is 53.1 Å². The molecule has 0 aliphatic carbocycles. The Bertz CT molecular complexity index is 929. The van der Waals surface area contributed by atoms with Crippen LogP contribution in [0, 0.1) is 5.92 Å². The highest BCUT2D eigenvalue weighted by atomic mass is 35.5. The first kappa shape index (κ1) is 26.5. The largest absolute Gasteiger partial charge is 0.485 e. The van der Waals surface area contributed by atoms with Gasteiger partial charge in [0, 0.05) is 29.6 Å². The van der Waals surface area contributed by atoms with E-state index in [-0.39, 0.29) is 24.3 Å². The lowest BCUT2D eigenvalue weighted by Crippen LogP contribution is -2.37. The molecular formula is C26H34ClNO5. The highest BCUT2D eigenvalue weighted by Crippen LogP contribution is 2.36. The number of rotatable bonds is 13. The summed E-state index contributed by atoms with van der Waals surface area (Å²) in [5.74, 6) is -0.416. The van der Waals surface area contributed by atoms with Crippen LogP contribution in [0.5, 0.6) is 11.5 Å². The number of carbonyl (C=O) groups is 2. The number of carboxylic acids is 1. The lowest BCUT2D eigenvalue weighted by Gasteiger charge is -2.29. The summed E-state index contributed by atoms with van der Waals surface area (Å²) in [6.07, 6.45) is 1.66. The van der Waals surface area contributed by atoms with Crippen LogP contribution in [0.3, 0.4) is 0 Å². The summed E-state index contributed by atoms with van der Waals surface area (Å²) in [5, 5.41) is 9.69. The molecule has 2 rings (SSSR count). The molecule has 1 N–H and O–H groups in total. The van der Waals surface area contributed by atoms with Crippen LogP contribution in [-0.4, -0.2) is 41.6 Å². The van der Waals surface area contributed by atoms with E-state index in [9.17, 15) is 9.59 Å². The molecule has 1 amide bonds. The molecule has 0 saturated heterocycles. The summed E-state index contributed by atoms with van der Waals surface area (Å²) in [6.45, 7) is 9.14. The fraction of sp³-hybridized carbons (Fsp3) is 0.462. The number of carboxylic acid groups (broad SMARTS) is 1. The molecule has 2 atom stereocenters. The molecule has 0 radical (unpaired) electrons. The molecule has 0 saturated carbocycles. The molecule has 180 valence electrons. The van der Waals surface area contributed by atoms with Gasteiger partial charge in [0.25, 0.3) is 0 Å². The van der Waals surface area contributed by atoms with Gasteiger partial charge in [-0.25, -0.2) is 4.79 Å². The first-order chi connectivity index (χ1) is 15.8. The van der Waals surface area contributed by atoms with Gasteiger partial charge < -0.3 is 19.5 Å². The number of halogens is 1. The van der Waals surface area contributed by atoms with Gasteiger partial charge in [-0.1, -0.05) is 56.1 Å². The Morgan fingerprint density at radius 2 is 1.73 bits per heavy atom. The minimum absolute atomic E-state index is 0.0668. The van der Waals surface area contributed by atoms with Crippen LogP contribution in [0.25, 0.3) is 0 Å². The van der Waals surface area contributed by atoms with Gasteiger partial charge in [-0.3, -0.25) is 4.79 Å². The second-order valence-corrected chi connectivity index (χ2v) is 8.37. The lowest BCUT2D eigenvalue weighted by atomic mass is 9.83. The number of aliphatic carboxylic acids is 1. The number of nitrogens with zero attached hydrogens (tertiary/aromatic N) is 1. The Morgan fingerprint density at radius 3 is 2.33 bits per heavy atom. The summed E-state index contributed by atoms with van der Waals surface area (Å²) in [7, 11) is 0. The number of benzene rings is 2. The van der Waals surface area contributed by atoms with Crippen molar-refractivity contribution in [1.29, 1.82) is 0 Å². The number of hydrogen-bond acceptors (Lipinski definition) is 4. The summed E-state index contributed by atoms with van der Waals surface area (Å²) in [6, 6.07) is 12.8.